The van der Waals surface area contributed by atoms with Crippen molar-refractivity contribution in [1.82, 2.24) is 9.55 Å². The van der Waals surface area contributed by atoms with Crippen molar-refractivity contribution in [1.29, 1.82) is 0 Å². The molecule has 3 rings (SSSR count). The van der Waals surface area contributed by atoms with E-state index in [4.69, 9.17) is 19.7 Å². The molecule has 0 radical (unpaired) electrons. The molecule has 1 aromatic heterocycles. The molecule has 7 nitrogen and oxygen atoms in total. The molecule has 0 fully saturated rings. The van der Waals surface area contributed by atoms with Crippen LogP contribution in [0.25, 0.3) is 11.0 Å². The average molecular weight is 292 g/mol. The van der Waals surface area contributed by atoms with E-state index in [1.165, 1.54) is 0 Å². The molecule has 0 unspecified atom stereocenters. The first-order valence-corrected chi connectivity index (χ1v) is 6.80. The van der Waals surface area contributed by atoms with Gasteiger partial charge in [-0.25, -0.2) is 4.98 Å². The smallest absolute Gasteiger partial charge is 0.323 e. The quantitative estimate of drug-likeness (QED) is 0.847. The average Bonchev–Trinajstić information content (AvgIpc) is 2.79. The third-order valence-electron chi connectivity index (χ3n) is 3.34. The molecule has 7 heteroatoms. The maximum Gasteiger partial charge on any atom is 0.323 e. The summed E-state index contributed by atoms with van der Waals surface area (Å²) in [6.45, 7) is 0.838. The number of aryl methyl sites for hydroxylation is 1. The number of carbonyl (C=O) groups is 1. The van der Waals surface area contributed by atoms with Gasteiger partial charge in [-0.1, -0.05) is 0 Å². The van der Waals surface area contributed by atoms with E-state index in [0.29, 0.717) is 54.4 Å². The number of aliphatic hydroxyl groups is 1. The second-order valence-electron chi connectivity index (χ2n) is 4.82. The van der Waals surface area contributed by atoms with E-state index in [0.717, 1.165) is 0 Å². The molecule has 21 heavy (non-hydrogen) atoms. The third kappa shape index (κ3) is 2.64. The maximum absolute atomic E-state index is 11.1. The first kappa shape index (κ1) is 13.7. The molecule has 0 saturated carbocycles. The second kappa shape index (κ2) is 5.61. The van der Waals surface area contributed by atoms with Crippen LogP contribution in [0.2, 0.25) is 0 Å². The molecule has 2 heterocycles. The molecule has 2 N–H and O–H groups in total. The Morgan fingerprint density at radius 2 is 2.00 bits per heavy atom. The van der Waals surface area contributed by atoms with E-state index in [1.54, 1.807) is 16.7 Å². The van der Waals surface area contributed by atoms with Crippen LogP contribution in [0, 0.1) is 0 Å². The largest absolute Gasteiger partial charge is 0.486 e. The van der Waals surface area contributed by atoms with Crippen LogP contribution in [0.15, 0.2) is 12.1 Å². The number of carboxylic acid groups (broad SMARTS) is 1. The van der Waals surface area contributed by atoms with Gasteiger partial charge in [-0.05, 0) is 6.42 Å². The van der Waals surface area contributed by atoms with Gasteiger partial charge >= 0.3 is 5.97 Å². The lowest BCUT2D eigenvalue weighted by molar-refractivity contribution is -0.137. The van der Waals surface area contributed by atoms with Crippen LogP contribution < -0.4 is 9.47 Å². The molecule has 112 valence electrons. The molecule has 1 aliphatic heterocycles. The summed E-state index contributed by atoms with van der Waals surface area (Å²) >= 11 is 0. The minimum absolute atomic E-state index is 0.0407. The summed E-state index contributed by atoms with van der Waals surface area (Å²) < 4.78 is 12.7. The van der Waals surface area contributed by atoms with E-state index in [9.17, 15) is 4.79 Å². The Balaban J connectivity index is 2.10. The Morgan fingerprint density at radius 1 is 1.29 bits per heavy atom. The van der Waals surface area contributed by atoms with E-state index < -0.39 is 5.97 Å². The van der Waals surface area contributed by atoms with Crippen molar-refractivity contribution < 1.29 is 24.5 Å². The minimum atomic E-state index is -0.936. The van der Waals surface area contributed by atoms with Crippen molar-refractivity contribution in [3.05, 3.63) is 18.0 Å². The van der Waals surface area contributed by atoms with Crippen molar-refractivity contribution in [3.8, 4) is 11.5 Å². The Hall–Kier alpha value is -2.28. The highest BCUT2D eigenvalue weighted by Crippen LogP contribution is 2.34. The fraction of sp³-hybridized carbons (Fsp3) is 0.429. The highest BCUT2D eigenvalue weighted by molar-refractivity contribution is 5.82. The number of benzene rings is 1. The minimum Gasteiger partial charge on any atom is -0.486 e. The van der Waals surface area contributed by atoms with Gasteiger partial charge in [-0.2, -0.15) is 0 Å². The first-order chi connectivity index (χ1) is 10.2. The summed E-state index contributed by atoms with van der Waals surface area (Å²) in [5.41, 5.74) is 1.38. The van der Waals surface area contributed by atoms with Gasteiger partial charge in [0.05, 0.1) is 11.0 Å². The van der Waals surface area contributed by atoms with Gasteiger partial charge in [0.2, 0.25) is 0 Å². The summed E-state index contributed by atoms with van der Waals surface area (Å²) in [6.07, 6.45) is 1.06. The van der Waals surface area contributed by atoms with Crippen molar-refractivity contribution in [2.45, 2.75) is 19.4 Å². The molecule has 0 bridgehead atoms. The van der Waals surface area contributed by atoms with Crippen molar-refractivity contribution >= 4 is 17.0 Å². The number of hydrogen-bond acceptors (Lipinski definition) is 5. The number of rotatable bonds is 5. The summed E-state index contributed by atoms with van der Waals surface area (Å²) in [6, 6.07) is 3.53. The summed E-state index contributed by atoms with van der Waals surface area (Å²) in [4.78, 5) is 15.5. The normalized spacial score (nSPS) is 13.6. The molecule has 1 aromatic carbocycles. The number of hydrogen-bond donors (Lipinski definition) is 2. The maximum atomic E-state index is 11.1. The number of fused-ring (bicyclic) bond motifs is 2. The highest BCUT2D eigenvalue weighted by Gasteiger charge is 2.19. The third-order valence-corrected chi connectivity index (χ3v) is 3.34. The molecule has 0 atom stereocenters. The molecule has 1 aliphatic rings. The van der Waals surface area contributed by atoms with E-state index >= 15 is 0 Å². The van der Waals surface area contributed by atoms with Crippen molar-refractivity contribution in [2.24, 2.45) is 0 Å². The van der Waals surface area contributed by atoms with Gasteiger partial charge in [0.25, 0.3) is 0 Å². The van der Waals surface area contributed by atoms with Gasteiger partial charge in [0.15, 0.2) is 11.5 Å². The van der Waals surface area contributed by atoms with Crippen LogP contribution in [-0.4, -0.2) is 45.6 Å². The molecule has 2 aromatic rings. The summed E-state index contributed by atoms with van der Waals surface area (Å²) in [5, 5.41) is 18.0. The van der Waals surface area contributed by atoms with E-state index in [2.05, 4.69) is 4.98 Å². The Morgan fingerprint density at radius 3 is 2.67 bits per heavy atom. The van der Waals surface area contributed by atoms with Crippen molar-refractivity contribution in [3.63, 3.8) is 0 Å². The fourth-order valence-electron chi connectivity index (χ4n) is 2.45. The zero-order valence-corrected chi connectivity index (χ0v) is 11.4. The van der Waals surface area contributed by atoms with Gasteiger partial charge in [-0.15, -0.1) is 0 Å². The fourth-order valence-corrected chi connectivity index (χ4v) is 2.45. The zero-order valence-electron chi connectivity index (χ0n) is 11.4. The topological polar surface area (TPSA) is 93.8 Å². The number of aliphatic hydroxyl groups excluding tert-OH is 1. The summed E-state index contributed by atoms with van der Waals surface area (Å²) in [7, 11) is 0. The Kier molecular flexibility index (Phi) is 3.66. The standard InChI is InChI=1S/C14H16N2O5/c17-3-1-2-13-15-9-6-11-12(21-5-4-20-11)7-10(9)16(13)8-14(18)19/h6-7,17H,1-5,8H2,(H,18,19). The zero-order chi connectivity index (χ0) is 14.8. The number of aromatic nitrogens is 2. The Labute approximate surface area is 120 Å². The van der Waals surface area contributed by atoms with Crippen LogP contribution in [0.1, 0.15) is 12.2 Å². The van der Waals surface area contributed by atoms with Gasteiger partial charge < -0.3 is 24.3 Å². The molecule has 0 aliphatic carbocycles. The summed E-state index contributed by atoms with van der Waals surface area (Å²) in [5.74, 6) is 0.940. The lowest BCUT2D eigenvalue weighted by Gasteiger charge is -2.18. The van der Waals surface area contributed by atoms with Crippen LogP contribution in [0.3, 0.4) is 0 Å². The lowest BCUT2D eigenvalue weighted by atomic mass is 10.2. The van der Waals surface area contributed by atoms with Gasteiger partial charge in [0.1, 0.15) is 25.6 Å². The molecule has 0 amide bonds. The molecular weight excluding hydrogens is 276 g/mol. The second-order valence-corrected chi connectivity index (χ2v) is 4.82. The molecular formula is C14H16N2O5. The van der Waals surface area contributed by atoms with Crippen molar-refractivity contribution in [2.75, 3.05) is 19.8 Å². The number of carboxylic acids is 1. The monoisotopic (exact) mass is 292 g/mol. The van der Waals surface area contributed by atoms with E-state index in [1.807, 2.05) is 0 Å². The lowest BCUT2D eigenvalue weighted by Crippen LogP contribution is -2.15. The van der Waals surface area contributed by atoms with E-state index in [-0.39, 0.29) is 13.2 Å². The molecule has 0 spiro atoms. The Bertz CT molecular complexity index is 680. The SMILES string of the molecule is O=C(O)Cn1c(CCCO)nc2cc3c(cc21)OCCO3. The van der Waals surface area contributed by atoms with Crippen LogP contribution >= 0.6 is 0 Å². The predicted octanol–water partition coefficient (Wildman–Crippen LogP) is 0.817. The number of ether oxygens (including phenoxy) is 2. The highest BCUT2D eigenvalue weighted by atomic mass is 16.6. The number of imidazole rings is 1. The van der Waals surface area contributed by atoms with Crippen LogP contribution in [-0.2, 0) is 17.8 Å². The van der Waals surface area contributed by atoms with Crippen LogP contribution in [0.5, 0.6) is 11.5 Å². The predicted molar refractivity (Wildman–Crippen MR) is 73.8 cm³/mol. The van der Waals surface area contributed by atoms with Gasteiger partial charge in [-0.3, -0.25) is 4.79 Å². The number of nitrogens with zero attached hydrogens (tertiary/aromatic N) is 2. The molecule has 0 saturated heterocycles. The van der Waals surface area contributed by atoms with Gasteiger partial charge in [0, 0.05) is 25.2 Å². The number of aliphatic carboxylic acids is 1. The first-order valence-electron chi connectivity index (χ1n) is 6.80. The van der Waals surface area contributed by atoms with Crippen LogP contribution in [0.4, 0.5) is 0 Å².